The highest BCUT2D eigenvalue weighted by molar-refractivity contribution is 7.15. The van der Waals surface area contributed by atoms with E-state index in [1.54, 1.807) is 11.3 Å². The van der Waals surface area contributed by atoms with Crippen LogP contribution in [-0.2, 0) is 12.0 Å². The summed E-state index contributed by atoms with van der Waals surface area (Å²) in [5.74, 6) is 0. The number of rotatable bonds is 3. The molecule has 0 atom stereocenters. The van der Waals surface area contributed by atoms with Crippen LogP contribution in [0.3, 0.4) is 0 Å². The number of aryl methyl sites for hydroxylation is 2. The van der Waals surface area contributed by atoms with Gasteiger partial charge >= 0.3 is 0 Å². The smallest absolute Gasteiger partial charge is 0.123 e. The van der Waals surface area contributed by atoms with Crippen LogP contribution in [0.1, 0.15) is 36.9 Å². The number of nitrogens with zero attached hydrogens (tertiary/aromatic N) is 1. The van der Waals surface area contributed by atoms with Crippen LogP contribution in [0.25, 0.3) is 10.6 Å². The molecule has 0 saturated heterocycles. The van der Waals surface area contributed by atoms with E-state index in [9.17, 15) is 5.11 Å². The molecule has 96 valence electrons. The predicted molar refractivity (Wildman–Crippen MR) is 76.9 cm³/mol. The first kappa shape index (κ1) is 13.2. The van der Waals surface area contributed by atoms with Crippen molar-refractivity contribution in [1.29, 1.82) is 0 Å². The molecule has 1 heterocycles. The van der Waals surface area contributed by atoms with Crippen molar-refractivity contribution in [1.82, 2.24) is 4.98 Å². The van der Waals surface area contributed by atoms with Gasteiger partial charge in [-0.3, -0.25) is 0 Å². The van der Waals surface area contributed by atoms with Crippen LogP contribution >= 0.6 is 11.3 Å². The molecule has 0 amide bonds. The van der Waals surface area contributed by atoms with Gasteiger partial charge in [0, 0.05) is 5.56 Å². The summed E-state index contributed by atoms with van der Waals surface area (Å²) in [6.45, 7) is 7.78. The largest absolute Gasteiger partial charge is 0.385 e. The third-order valence-corrected chi connectivity index (χ3v) is 4.35. The van der Waals surface area contributed by atoms with E-state index in [0.29, 0.717) is 0 Å². The minimum Gasteiger partial charge on any atom is -0.385 e. The summed E-state index contributed by atoms with van der Waals surface area (Å²) < 4.78 is 0. The number of aromatic nitrogens is 1. The first-order valence-electron chi connectivity index (χ1n) is 6.21. The zero-order valence-corrected chi connectivity index (χ0v) is 12.1. The lowest BCUT2D eigenvalue weighted by atomic mass is 10.1. The first-order chi connectivity index (χ1) is 8.41. The first-order valence-corrected chi connectivity index (χ1v) is 7.03. The standard InChI is InChI=1S/C15H19NOS/c1-5-12-13(15(3,4)17)18-14(16-12)11-8-6-10(2)7-9-11/h6-9,17H,5H2,1-4H3. The quantitative estimate of drug-likeness (QED) is 0.908. The topological polar surface area (TPSA) is 33.1 Å². The molecule has 0 aliphatic heterocycles. The molecule has 1 aromatic carbocycles. The van der Waals surface area contributed by atoms with Crippen molar-refractivity contribution in [3.8, 4) is 10.6 Å². The second-order valence-electron chi connectivity index (χ2n) is 5.07. The third-order valence-electron chi connectivity index (χ3n) is 2.89. The molecule has 2 rings (SSSR count). The molecule has 0 bridgehead atoms. The highest BCUT2D eigenvalue weighted by Crippen LogP contribution is 2.35. The number of thiazole rings is 1. The summed E-state index contributed by atoms with van der Waals surface area (Å²) in [5.41, 5.74) is 2.55. The van der Waals surface area contributed by atoms with E-state index in [1.807, 2.05) is 13.8 Å². The molecule has 0 aliphatic carbocycles. The molecule has 0 fully saturated rings. The molecular formula is C15H19NOS. The van der Waals surface area contributed by atoms with E-state index in [2.05, 4.69) is 43.1 Å². The second-order valence-corrected chi connectivity index (χ2v) is 6.07. The Balaban J connectivity index is 2.47. The molecule has 1 aromatic heterocycles. The van der Waals surface area contributed by atoms with Gasteiger partial charge in [0.2, 0.25) is 0 Å². The van der Waals surface area contributed by atoms with Gasteiger partial charge in [-0.2, -0.15) is 0 Å². The number of aliphatic hydroxyl groups is 1. The van der Waals surface area contributed by atoms with E-state index in [-0.39, 0.29) is 0 Å². The number of benzene rings is 1. The van der Waals surface area contributed by atoms with E-state index >= 15 is 0 Å². The van der Waals surface area contributed by atoms with Crippen molar-refractivity contribution in [3.05, 3.63) is 40.4 Å². The normalized spacial score (nSPS) is 11.8. The van der Waals surface area contributed by atoms with Crippen molar-refractivity contribution in [2.45, 2.75) is 39.7 Å². The summed E-state index contributed by atoms with van der Waals surface area (Å²) in [4.78, 5) is 5.63. The Labute approximate surface area is 112 Å². The van der Waals surface area contributed by atoms with Gasteiger partial charge in [-0.25, -0.2) is 4.98 Å². The number of hydrogen-bond acceptors (Lipinski definition) is 3. The van der Waals surface area contributed by atoms with Gasteiger partial charge in [0.05, 0.1) is 16.2 Å². The van der Waals surface area contributed by atoms with Gasteiger partial charge < -0.3 is 5.11 Å². The maximum absolute atomic E-state index is 10.2. The molecule has 1 N–H and O–H groups in total. The fourth-order valence-electron chi connectivity index (χ4n) is 1.89. The van der Waals surface area contributed by atoms with Gasteiger partial charge in [-0.05, 0) is 27.2 Å². The molecule has 2 nitrogen and oxygen atoms in total. The Morgan fingerprint density at radius 1 is 1.22 bits per heavy atom. The van der Waals surface area contributed by atoms with E-state index in [1.165, 1.54) is 5.56 Å². The molecular weight excluding hydrogens is 242 g/mol. The second kappa shape index (κ2) is 4.82. The molecule has 0 saturated carbocycles. The lowest BCUT2D eigenvalue weighted by Crippen LogP contribution is -2.15. The zero-order valence-electron chi connectivity index (χ0n) is 11.3. The Morgan fingerprint density at radius 2 is 1.83 bits per heavy atom. The fraction of sp³-hybridized carbons (Fsp3) is 0.400. The summed E-state index contributed by atoms with van der Waals surface area (Å²) in [5, 5.41) is 11.2. The van der Waals surface area contributed by atoms with Crippen LogP contribution in [-0.4, -0.2) is 10.1 Å². The summed E-state index contributed by atoms with van der Waals surface area (Å²) in [6, 6.07) is 8.35. The van der Waals surface area contributed by atoms with Crippen molar-refractivity contribution >= 4 is 11.3 Å². The lowest BCUT2D eigenvalue weighted by molar-refractivity contribution is 0.0814. The fourth-order valence-corrected chi connectivity index (χ4v) is 3.05. The molecule has 0 aliphatic rings. The monoisotopic (exact) mass is 261 g/mol. The van der Waals surface area contributed by atoms with Gasteiger partial charge in [0.1, 0.15) is 5.01 Å². The maximum atomic E-state index is 10.2. The van der Waals surface area contributed by atoms with Crippen LogP contribution in [0.15, 0.2) is 24.3 Å². The van der Waals surface area contributed by atoms with Crippen LogP contribution in [0, 0.1) is 6.92 Å². The Kier molecular flexibility index (Phi) is 3.55. The Morgan fingerprint density at radius 3 is 2.28 bits per heavy atom. The van der Waals surface area contributed by atoms with Crippen LogP contribution in [0.5, 0.6) is 0 Å². The van der Waals surface area contributed by atoms with E-state index in [4.69, 9.17) is 0 Å². The Bertz CT molecular complexity index is 535. The van der Waals surface area contributed by atoms with Gasteiger partial charge in [0.15, 0.2) is 0 Å². The van der Waals surface area contributed by atoms with Crippen LogP contribution < -0.4 is 0 Å². The highest BCUT2D eigenvalue weighted by atomic mass is 32.1. The van der Waals surface area contributed by atoms with Gasteiger partial charge in [0.25, 0.3) is 0 Å². The molecule has 0 spiro atoms. The predicted octanol–water partition coefficient (Wildman–Crippen LogP) is 3.91. The SMILES string of the molecule is CCc1nc(-c2ccc(C)cc2)sc1C(C)(C)O. The molecule has 18 heavy (non-hydrogen) atoms. The average molecular weight is 261 g/mol. The lowest BCUT2D eigenvalue weighted by Gasteiger charge is -2.15. The minimum atomic E-state index is -0.814. The molecule has 2 aromatic rings. The highest BCUT2D eigenvalue weighted by Gasteiger charge is 2.24. The van der Waals surface area contributed by atoms with Crippen molar-refractivity contribution in [2.75, 3.05) is 0 Å². The summed E-state index contributed by atoms with van der Waals surface area (Å²) in [7, 11) is 0. The minimum absolute atomic E-state index is 0.814. The van der Waals surface area contributed by atoms with E-state index in [0.717, 1.165) is 27.6 Å². The van der Waals surface area contributed by atoms with Gasteiger partial charge in [-0.1, -0.05) is 36.8 Å². The van der Waals surface area contributed by atoms with Crippen molar-refractivity contribution in [2.24, 2.45) is 0 Å². The summed E-state index contributed by atoms with van der Waals surface area (Å²) >= 11 is 1.59. The number of hydrogen-bond donors (Lipinski definition) is 1. The van der Waals surface area contributed by atoms with Crippen molar-refractivity contribution in [3.63, 3.8) is 0 Å². The van der Waals surface area contributed by atoms with Crippen LogP contribution in [0.4, 0.5) is 0 Å². The molecule has 0 radical (unpaired) electrons. The van der Waals surface area contributed by atoms with Crippen molar-refractivity contribution < 1.29 is 5.11 Å². The average Bonchev–Trinajstić information content (AvgIpc) is 2.73. The van der Waals surface area contributed by atoms with Crippen LogP contribution in [0.2, 0.25) is 0 Å². The molecule has 0 unspecified atom stereocenters. The molecule has 3 heteroatoms. The van der Waals surface area contributed by atoms with Gasteiger partial charge in [-0.15, -0.1) is 11.3 Å². The summed E-state index contributed by atoms with van der Waals surface area (Å²) in [6.07, 6.45) is 0.849. The Hall–Kier alpha value is -1.19. The third kappa shape index (κ3) is 2.62. The zero-order chi connectivity index (χ0) is 13.3. The maximum Gasteiger partial charge on any atom is 0.123 e. The van der Waals surface area contributed by atoms with E-state index < -0.39 is 5.60 Å².